The molecule has 3 heteroatoms. The molecule has 0 amide bonds. The molecule has 0 spiro atoms. The number of hydrogen-bond acceptors (Lipinski definition) is 3. The first-order valence-corrected chi connectivity index (χ1v) is 3.13. The lowest BCUT2D eigenvalue weighted by atomic mass is 10.3. The van der Waals surface area contributed by atoms with Gasteiger partial charge < -0.3 is 4.74 Å². The standard InChI is InChI=1S/C8H11NO2/c1-4-5-7(6-9-2)8(10)11-3/h4-6H,2H2,1,3H3/b5-4-,7-6+. The maximum absolute atomic E-state index is 10.9. The van der Waals surface area contributed by atoms with Crippen LogP contribution in [0.25, 0.3) is 0 Å². The van der Waals surface area contributed by atoms with Gasteiger partial charge in [0.2, 0.25) is 0 Å². The van der Waals surface area contributed by atoms with Gasteiger partial charge in [-0.2, -0.15) is 0 Å². The number of hydrogen-bond donors (Lipinski definition) is 0. The Morgan fingerprint density at radius 3 is 2.64 bits per heavy atom. The molecular formula is C8H11NO2. The second kappa shape index (κ2) is 5.41. The summed E-state index contributed by atoms with van der Waals surface area (Å²) in [4.78, 5) is 14.3. The summed E-state index contributed by atoms with van der Waals surface area (Å²) >= 11 is 0. The molecular weight excluding hydrogens is 142 g/mol. The van der Waals surface area contributed by atoms with Crippen molar-refractivity contribution in [1.82, 2.24) is 0 Å². The van der Waals surface area contributed by atoms with Crippen molar-refractivity contribution in [3.63, 3.8) is 0 Å². The van der Waals surface area contributed by atoms with Crippen molar-refractivity contribution in [3.8, 4) is 0 Å². The van der Waals surface area contributed by atoms with E-state index in [2.05, 4.69) is 16.4 Å². The maximum Gasteiger partial charge on any atom is 0.339 e. The Kier molecular flexibility index (Phi) is 4.73. The summed E-state index contributed by atoms with van der Waals surface area (Å²) < 4.78 is 4.47. The molecule has 0 aliphatic carbocycles. The average Bonchev–Trinajstić information content (AvgIpc) is 2.03. The number of rotatable bonds is 3. The minimum absolute atomic E-state index is 0.394. The van der Waals surface area contributed by atoms with Crippen molar-refractivity contribution in [2.24, 2.45) is 4.99 Å². The Morgan fingerprint density at radius 1 is 1.64 bits per heavy atom. The fourth-order valence-electron chi connectivity index (χ4n) is 0.560. The van der Waals surface area contributed by atoms with Gasteiger partial charge in [-0.15, -0.1) is 0 Å². The van der Waals surface area contributed by atoms with E-state index < -0.39 is 5.97 Å². The van der Waals surface area contributed by atoms with Crippen LogP contribution in [0.2, 0.25) is 0 Å². The smallest absolute Gasteiger partial charge is 0.339 e. The first-order chi connectivity index (χ1) is 5.26. The summed E-state index contributed by atoms with van der Waals surface area (Å²) in [6.45, 7) is 5.04. The van der Waals surface area contributed by atoms with Gasteiger partial charge in [0.25, 0.3) is 0 Å². The van der Waals surface area contributed by atoms with Crippen molar-refractivity contribution in [2.75, 3.05) is 7.11 Å². The molecule has 0 bridgehead atoms. The van der Waals surface area contributed by atoms with Crippen molar-refractivity contribution < 1.29 is 9.53 Å². The number of nitrogens with zero attached hydrogens (tertiary/aromatic N) is 1. The Morgan fingerprint density at radius 2 is 2.27 bits per heavy atom. The molecule has 0 aliphatic heterocycles. The van der Waals surface area contributed by atoms with E-state index in [1.54, 1.807) is 19.1 Å². The van der Waals surface area contributed by atoms with Crippen molar-refractivity contribution in [2.45, 2.75) is 6.92 Å². The van der Waals surface area contributed by atoms with Gasteiger partial charge in [0.15, 0.2) is 0 Å². The topological polar surface area (TPSA) is 38.7 Å². The molecule has 0 rings (SSSR count). The number of carbonyl (C=O) groups excluding carboxylic acids is 1. The van der Waals surface area contributed by atoms with Crippen LogP contribution < -0.4 is 0 Å². The van der Waals surface area contributed by atoms with Gasteiger partial charge in [0.1, 0.15) is 0 Å². The molecule has 11 heavy (non-hydrogen) atoms. The molecule has 0 saturated carbocycles. The van der Waals surface area contributed by atoms with Gasteiger partial charge >= 0.3 is 5.97 Å². The summed E-state index contributed by atoms with van der Waals surface area (Å²) in [6, 6.07) is 0. The molecule has 0 aliphatic rings. The highest BCUT2D eigenvalue weighted by Crippen LogP contribution is 1.99. The summed E-state index contributed by atoms with van der Waals surface area (Å²) in [6.07, 6.45) is 4.69. The third kappa shape index (κ3) is 3.35. The van der Waals surface area contributed by atoms with Crippen molar-refractivity contribution >= 4 is 12.7 Å². The zero-order chi connectivity index (χ0) is 8.69. The number of ether oxygens (including phenoxy) is 1. The molecule has 0 aromatic carbocycles. The van der Waals surface area contributed by atoms with Crippen LogP contribution in [0.3, 0.4) is 0 Å². The molecule has 0 atom stereocenters. The quantitative estimate of drug-likeness (QED) is 0.265. The molecule has 0 aromatic heterocycles. The van der Waals surface area contributed by atoms with E-state index in [1.165, 1.54) is 13.3 Å². The summed E-state index contributed by atoms with van der Waals surface area (Å²) in [7, 11) is 1.32. The zero-order valence-corrected chi connectivity index (χ0v) is 6.70. The lowest BCUT2D eigenvalue weighted by Gasteiger charge is -1.96. The van der Waals surface area contributed by atoms with Crippen molar-refractivity contribution in [1.29, 1.82) is 0 Å². The molecule has 0 heterocycles. The van der Waals surface area contributed by atoms with E-state index >= 15 is 0 Å². The highest BCUT2D eigenvalue weighted by molar-refractivity contribution is 5.91. The van der Waals surface area contributed by atoms with Crippen molar-refractivity contribution in [3.05, 3.63) is 23.9 Å². The predicted octanol–water partition coefficient (Wildman–Crippen LogP) is 1.32. The van der Waals surface area contributed by atoms with Gasteiger partial charge in [-0.05, 0) is 13.6 Å². The molecule has 0 N–H and O–H groups in total. The molecule has 0 aromatic rings. The lowest BCUT2D eigenvalue weighted by molar-refractivity contribution is -0.135. The Bertz CT molecular complexity index is 204. The highest BCUT2D eigenvalue weighted by Gasteiger charge is 2.03. The lowest BCUT2D eigenvalue weighted by Crippen LogP contribution is -2.01. The van der Waals surface area contributed by atoms with E-state index in [4.69, 9.17) is 0 Å². The van der Waals surface area contributed by atoms with Crippen LogP contribution in [-0.2, 0) is 9.53 Å². The van der Waals surface area contributed by atoms with Crippen LogP contribution in [0.15, 0.2) is 28.9 Å². The number of allylic oxidation sites excluding steroid dienone is 1. The van der Waals surface area contributed by atoms with Crippen LogP contribution in [-0.4, -0.2) is 19.8 Å². The second-order valence-corrected chi connectivity index (χ2v) is 1.76. The van der Waals surface area contributed by atoms with Crippen LogP contribution in [0.4, 0.5) is 0 Å². The average molecular weight is 153 g/mol. The van der Waals surface area contributed by atoms with Gasteiger partial charge in [-0.25, -0.2) is 4.79 Å². The molecule has 3 nitrogen and oxygen atoms in total. The largest absolute Gasteiger partial charge is 0.465 e. The van der Waals surface area contributed by atoms with Gasteiger partial charge in [0.05, 0.1) is 12.7 Å². The Balaban J connectivity index is 4.46. The highest BCUT2D eigenvalue weighted by atomic mass is 16.5. The third-order valence-electron chi connectivity index (χ3n) is 0.998. The number of methoxy groups -OCH3 is 1. The zero-order valence-electron chi connectivity index (χ0n) is 6.70. The van der Waals surface area contributed by atoms with Crippen LogP contribution in [0.1, 0.15) is 6.92 Å². The molecule has 0 saturated heterocycles. The van der Waals surface area contributed by atoms with E-state index in [9.17, 15) is 4.79 Å². The molecule has 0 fully saturated rings. The van der Waals surface area contributed by atoms with E-state index in [-0.39, 0.29) is 0 Å². The number of carbonyl (C=O) groups is 1. The number of esters is 1. The summed E-state index contributed by atoms with van der Waals surface area (Å²) in [5.74, 6) is -0.407. The van der Waals surface area contributed by atoms with Gasteiger partial charge in [0, 0.05) is 6.20 Å². The fourth-order valence-corrected chi connectivity index (χ4v) is 0.560. The molecule has 0 unspecified atom stereocenters. The fraction of sp³-hybridized carbons (Fsp3) is 0.250. The summed E-state index contributed by atoms with van der Waals surface area (Å²) in [5, 5.41) is 0. The normalized spacial score (nSPS) is 11.6. The van der Waals surface area contributed by atoms with E-state index in [0.717, 1.165) is 0 Å². The monoisotopic (exact) mass is 153 g/mol. The third-order valence-corrected chi connectivity index (χ3v) is 0.998. The molecule has 0 radical (unpaired) electrons. The SMILES string of the molecule is C=N/C=C(\C=C/C)C(=O)OC. The summed E-state index contributed by atoms with van der Waals surface area (Å²) in [5.41, 5.74) is 0.394. The Labute approximate surface area is 66.1 Å². The first kappa shape index (κ1) is 9.62. The second-order valence-electron chi connectivity index (χ2n) is 1.76. The van der Waals surface area contributed by atoms with Gasteiger partial charge in [-0.3, -0.25) is 4.99 Å². The van der Waals surface area contributed by atoms with Crippen LogP contribution in [0, 0.1) is 0 Å². The van der Waals surface area contributed by atoms with Crippen LogP contribution >= 0.6 is 0 Å². The van der Waals surface area contributed by atoms with Gasteiger partial charge in [-0.1, -0.05) is 12.2 Å². The van der Waals surface area contributed by atoms with Crippen LogP contribution in [0.5, 0.6) is 0 Å². The number of aliphatic imine (C=N–C) groups is 1. The predicted molar refractivity (Wildman–Crippen MR) is 44.5 cm³/mol. The molecule has 60 valence electrons. The van der Waals surface area contributed by atoms with E-state index in [1.807, 2.05) is 0 Å². The minimum atomic E-state index is -0.407. The van der Waals surface area contributed by atoms with E-state index in [0.29, 0.717) is 5.57 Å². The minimum Gasteiger partial charge on any atom is -0.465 e. The maximum atomic E-state index is 10.9. The first-order valence-electron chi connectivity index (χ1n) is 3.13. The Hall–Kier alpha value is -1.38.